The Morgan fingerprint density at radius 1 is 1.44 bits per heavy atom. The van der Waals surface area contributed by atoms with Gasteiger partial charge in [0.25, 0.3) is 5.56 Å². The van der Waals surface area contributed by atoms with E-state index >= 15 is 0 Å². The van der Waals surface area contributed by atoms with Crippen LogP contribution < -0.4 is 16.0 Å². The van der Waals surface area contributed by atoms with Gasteiger partial charge < -0.3 is 9.72 Å². The van der Waals surface area contributed by atoms with Crippen LogP contribution in [0.25, 0.3) is 0 Å². The van der Waals surface area contributed by atoms with E-state index in [2.05, 4.69) is 25.9 Å². The van der Waals surface area contributed by atoms with Gasteiger partial charge in [-0.15, -0.1) is 0 Å². The van der Waals surface area contributed by atoms with E-state index in [1.54, 1.807) is 18.2 Å². The molecule has 6 nitrogen and oxygen atoms in total. The fraction of sp³-hybridized carbons (Fsp3) is 0.182. The van der Waals surface area contributed by atoms with Crippen LogP contribution in [-0.4, -0.2) is 21.6 Å². The molecule has 0 atom stereocenters. The first-order valence-electron chi connectivity index (χ1n) is 5.10. The maximum atomic E-state index is 11.8. The van der Waals surface area contributed by atoms with Crippen LogP contribution in [-0.2, 0) is 6.54 Å². The summed E-state index contributed by atoms with van der Waals surface area (Å²) < 4.78 is 6.34. The summed E-state index contributed by atoms with van der Waals surface area (Å²) in [4.78, 5) is 30.0. The van der Waals surface area contributed by atoms with E-state index in [9.17, 15) is 9.59 Å². The highest BCUT2D eigenvalue weighted by Crippen LogP contribution is 2.07. The summed E-state index contributed by atoms with van der Waals surface area (Å²) in [5.74, 6) is 0.437. The second-order valence-corrected chi connectivity index (χ2v) is 4.36. The van der Waals surface area contributed by atoms with Gasteiger partial charge in [0.15, 0.2) is 0 Å². The van der Waals surface area contributed by atoms with Crippen LogP contribution in [0, 0.1) is 0 Å². The second kappa shape index (κ2) is 5.18. The maximum absolute atomic E-state index is 11.8. The van der Waals surface area contributed by atoms with Crippen molar-refractivity contribution in [3.05, 3.63) is 55.4 Å². The number of hydrogen-bond acceptors (Lipinski definition) is 4. The lowest BCUT2D eigenvalue weighted by molar-refractivity contribution is 0.395. The summed E-state index contributed by atoms with van der Waals surface area (Å²) in [7, 11) is 1.50. The molecule has 0 aliphatic rings. The van der Waals surface area contributed by atoms with Gasteiger partial charge in [-0.1, -0.05) is 6.07 Å². The molecule has 0 aromatic carbocycles. The topological polar surface area (TPSA) is 77.0 Å². The first kappa shape index (κ1) is 12.6. The Morgan fingerprint density at radius 2 is 2.22 bits per heavy atom. The second-order valence-electron chi connectivity index (χ2n) is 3.50. The highest BCUT2D eigenvalue weighted by atomic mass is 79.9. The zero-order chi connectivity index (χ0) is 13.1. The molecule has 94 valence electrons. The number of aromatic nitrogens is 3. The summed E-state index contributed by atoms with van der Waals surface area (Å²) in [6, 6.07) is 5.16. The van der Waals surface area contributed by atoms with Gasteiger partial charge in [-0.2, -0.15) is 0 Å². The third-order valence-electron chi connectivity index (χ3n) is 2.33. The fourth-order valence-electron chi connectivity index (χ4n) is 1.45. The Hall–Kier alpha value is -1.89. The molecule has 2 aromatic rings. The average molecular weight is 312 g/mol. The van der Waals surface area contributed by atoms with E-state index in [-0.39, 0.29) is 6.54 Å². The quantitative estimate of drug-likeness (QED) is 0.907. The Labute approximate surface area is 110 Å². The van der Waals surface area contributed by atoms with E-state index in [1.807, 2.05) is 0 Å². The lowest BCUT2D eigenvalue weighted by Crippen LogP contribution is -2.35. The number of rotatable bonds is 3. The standard InChI is InChI=1S/C11H10BrN3O3/c1-18-9-4-2-3-7(14-9)6-15-10(16)8(12)5-13-11(15)17/h2-5H,6H2,1H3,(H,13,17). The highest BCUT2D eigenvalue weighted by Gasteiger charge is 2.07. The molecule has 0 unspecified atom stereocenters. The van der Waals surface area contributed by atoms with Crippen molar-refractivity contribution in [3.8, 4) is 5.88 Å². The SMILES string of the molecule is COc1cccc(Cn2c(=O)[nH]cc(Br)c2=O)n1. The minimum Gasteiger partial charge on any atom is -0.481 e. The number of nitrogens with zero attached hydrogens (tertiary/aromatic N) is 2. The van der Waals surface area contributed by atoms with Gasteiger partial charge in [0.2, 0.25) is 5.88 Å². The van der Waals surface area contributed by atoms with E-state index in [0.29, 0.717) is 16.0 Å². The van der Waals surface area contributed by atoms with Crippen LogP contribution >= 0.6 is 15.9 Å². The summed E-state index contributed by atoms with van der Waals surface area (Å²) >= 11 is 3.07. The van der Waals surface area contributed by atoms with Crippen molar-refractivity contribution in [2.24, 2.45) is 0 Å². The normalized spacial score (nSPS) is 10.3. The molecular weight excluding hydrogens is 302 g/mol. The minimum absolute atomic E-state index is 0.0881. The van der Waals surface area contributed by atoms with Crippen molar-refractivity contribution < 1.29 is 4.74 Å². The van der Waals surface area contributed by atoms with Crippen molar-refractivity contribution in [1.29, 1.82) is 0 Å². The maximum Gasteiger partial charge on any atom is 0.328 e. The Morgan fingerprint density at radius 3 is 2.94 bits per heavy atom. The van der Waals surface area contributed by atoms with Crippen molar-refractivity contribution >= 4 is 15.9 Å². The molecule has 7 heteroatoms. The van der Waals surface area contributed by atoms with Gasteiger partial charge in [0.05, 0.1) is 23.8 Å². The van der Waals surface area contributed by atoms with Crippen LogP contribution in [0.4, 0.5) is 0 Å². The van der Waals surface area contributed by atoms with Crippen molar-refractivity contribution in [2.75, 3.05) is 7.11 Å². The van der Waals surface area contributed by atoms with Crippen LogP contribution in [0.5, 0.6) is 5.88 Å². The van der Waals surface area contributed by atoms with Gasteiger partial charge in [0.1, 0.15) is 0 Å². The lowest BCUT2D eigenvalue weighted by Gasteiger charge is -2.05. The number of aromatic amines is 1. The summed E-state index contributed by atoms with van der Waals surface area (Å²) in [6.07, 6.45) is 1.32. The van der Waals surface area contributed by atoms with E-state index < -0.39 is 11.2 Å². The van der Waals surface area contributed by atoms with Crippen molar-refractivity contribution in [2.45, 2.75) is 6.54 Å². The van der Waals surface area contributed by atoms with Crippen LogP contribution in [0.2, 0.25) is 0 Å². The largest absolute Gasteiger partial charge is 0.481 e. The lowest BCUT2D eigenvalue weighted by atomic mass is 10.3. The van der Waals surface area contributed by atoms with E-state index in [4.69, 9.17) is 4.74 Å². The van der Waals surface area contributed by atoms with Crippen LogP contribution in [0.15, 0.2) is 38.5 Å². The predicted octanol–water partition coefficient (Wildman–Crippen LogP) is 0.751. The Balaban J connectivity index is 2.43. The molecule has 1 N–H and O–H groups in total. The zero-order valence-electron chi connectivity index (χ0n) is 9.51. The number of halogens is 1. The zero-order valence-corrected chi connectivity index (χ0v) is 11.1. The van der Waals surface area contributed by atoms with Gasteiger partial charge in [-0.05, 0) is 22.0 Å². The number of methoxy groups -OCH3 is 1. The third-order valence-corrected chi connectivity index (χ3v) is 2.90. The number of ether oxygens (including phenoxy) is 1. The molecule has 2 heterocycles. The molecule has 0 saturated carbocycles. The molecule has 18 heavy (non-hydrogen) atoms. The Kier molecular flexibility index (Phi) is 3.61. The fourth-order valence-corrected chi connectivity index (χ4v) is 1.78. The summed E-state index contributed by atoms with van der Waals surface area (Å²) in [5.41, 5.74) is -0.309. The van der Waals surface area contributed by atoms with Gasteiger partial charge in [-0.3, -0.25) is 9.36 Å². The van der Waals surface area contributed by atoms with Crippen molar-refractivity contribution in [3.63, 3.8) is 0 Å². The van der Waals surface area contributed by atoms with E-state index in [1.165, 1.54) is 13.3 Å². The number of pyridine rings is 1. The van der Waals surface area contributed by atoms with Gasteiger partial charge in [-0.25, -0.2) is 9.78 Å². The van der Waals surface area contributed by atoms with Gasteiger partial charge in [0, 0.05) is 12.3 Å². The molecule has 0 spiro atoms. The molecule has 0 aliphatic carbocycles. The van der Waals surface area contributed by atoms with Crippen LogP contribution in [0.1, 0.15) is 5.69 Å². The third kappa shape index (κ3) is 2.51. The molecular formula is C11H10BrN3O3. The molecule has 0 saturated heterocycles. The first-order chi connectivity index (χ1) is 8.61. The molecule has 0 radical (unpaired) electrons. The molecule has 2 rings (SSSR count). The van der Waals surface area contributed by atoms with Gasteiger partial charge >= 0.3 is 5.69 Å². The molecule has 2 aromatic heterocycles. The first-order valence-corrected chi connectivity index (χ1v) is 5.89. The smallest absolute Gasteiger partial charge is 0.328 e. The summed E-state index contributed by atoms with van der Waals surface area (Å²) in [5, 5.41) is 0. The summed E-state index contributed by atoms with van der Waals surface area (Å²) in [6.45, 7) is 0.0881. The minimum atomic E-state index is -0.479. The number of hydrogen-bond donors (Lipinski definition) is 1. The number of H-pyrrole nitrogens is 1. The van der Waals surface area contributed by atoms with E-state index in [0.717, 1.165) is 4.57 Å². The van der Waals surface area contributed by atoms with Crippen molar-refractivity contribution in [1.82, 2.24) is 14.5 Å². The molecule has 0 bridgehead atoms. The predicted molar refractivity (Wildman–Crippen MR) is 68.9 cm³/mol. The highest BCUT2D eigenvalue weighted by molar-refractivity contribution is 9.10. The Bertz CT molecular complexity index is 678. The van der Waals surface area contributed by atoms with Crippen LogP contribution in [0.3, 0.4) is 0 Å². The number of nitrogens with one attached hydrogen (secondary N) is 1. The monoisotopic (exact) mass is 311 g/mol. The molecule has 0 fully saturated rings. The molecule has 0 amide bonds. The average Bonchev–Trinajstić information content (AvgIpc) is 2.39. The molecule has 0 aliphatic heterocycles.